The average molecular weight is 319 g/mol. The summed E-state index contributed by atoms with van der Waals surface area (Å²) in [6.07, 6.45) is 2.21. The highest BCUT2D eigenvalue weighted by Gasteiger charge is 2.11. The number of benzene rings is 1. The largest absolute Gasteiger partial charge is 0.358 e. The first-order valence-electron chi connectivity index (χ1n) is 7.22. The molecule has 1 N–H and O–H groups in total. The molecule has 0 saturated heterocycles. The Morgan fingerprint density at radius 1 is 1.23 bits per heavy atom. The molecule has 0 aliphatic rings. The van der Waals surface area contributed by atoms with Gasteiger partial charge in [0.25, 0.3) is 5.91 Å². The van der Waals surface area contributed by atoms with Crippen LogP contribution >= 0.6 is 11.6 Å². The van der Waals surface area contributed by atoms with Gasteiger partial charge in [0.1, 0.15) is 0 Å². The maximum absolute atomic E-state index is 12.1. The summed E-state index contributed by atoms with van der Waals surface area (Å²) in [5.41, 5.74) is 0.813. The maximum Gasteiger partial charge on any atom is 0.276 e. The summed E-state index contributed by atoms with van der Waals surface area (Å²) >= 11 is 6.01. The predicted molar refractivity (Wildman–Crippen MR) is 89.6 cm³/mol. The summed E-state index contributed by atoms with van der Waals surface area (Å²) in [6.45, 7) is 3.05. The van der Waals surface area contributed by atoms with Crippen molar-refractivity contribution in [3.63, 3.8) is 0 Å². The molecule has 1 heterocycles. The third-order valence-corrected chi connectivity index (χ3v) is 3.57. The van der Waals surface area contributed by atoms with Gasteiger partial charge in [-0.2, -0.15) is 0 Å². The van der Waals surface area contributed by atoms with E-state index in [0.29, 0.717) is 10.7 Å². The van der Waals surface area contributed by atoms with E-state index in [4.69, 9.17) is 11.6 Å². The number of nitrogens with zero attached hydrogens (tertiary/aromatic N) is 3. The fourth-order valence-corrected chi connectivity index (χ4v) is 2.09. The second-order valence-corrected chi connectivity index (χ2v) is 5.39. The number of hydrogen-bond acceptors (Lipinski definition) is 4. The Morgan fingerprint density at radius 3 is 2.64 bits per heavy atom. The van der Waals surface area contributed by atoms with Crippen molar-refractivity contribution >= 4 is 29.0 Å². The molecule has 5 nitrogen and oxygen atoms in total. The van der Waals surface area contributed by atoms with Gasteiger partial charge in [-0.25, -0.2) is 0 Å². The normalized spacial score (nSPS) is 10.3. The van der Waals surface area contributed by atoms with E-state index in [1.807, 2.05) is 11.9 Å². The minimum absolute atomic E-state index is 0.257. The van der Waals surface area contributed by atoms with Crippen LogP contribution in [-0.2, 0) is 0 Å². The van der Waals surface area contributed by atoms with Crippen LogP contribution in [0.2, 0.25) is 5.02 Å². The van der Waals surface area contributed by atoms with E-state index < -0.39 is 0 Å². The molecule has 1 aromatic carbocycles. The van der Waals surface area contributed by atoms with Crippen molar-refractivity contribution in [1.82, 2.24) is 10.2 Å². The maximum atomic E-state index is 12.1. The zero-order valence-electron chi connectivity index (χ0n) is 12.7. The van der Waals surface area contributed by atoms with E-state index in [-0.39, 0.29) is 11.6 Å². The number of para-hydroxylation sites is 1. The van der Waals surface area contributed by atoms with Gasteiger partial charge >= 0.3 is 0 Å². The number of amides is 1. The Labute approximate surface area is 135 Å². The van der Waals surface area contributed by atoms with Crippen LogP contribution in [0.5, 0.6) is 0 Å². The number of unbranched alkanes of at least 4 members (excludes halogenated alkanes) is 1. The SMILES string of the molecule is CCCCN(C)c1ccc(C(=O)Nc2ccccc2Cl)nn1. The van der Waals surface area contributed by atoms with Crippen molar-refractivity contribution in [3.8, 4) is 0 Å². The first kappa shape index (κ1) is 16.2. The molecule has 0 radical (unpaired) electrons. The highest BCUT2D eigenvalue weighted by atomic mass is 35.5. The number of carbonyl (C=O) groups excluding carboxylic acids is 1. The number of nitrogens with one attached hydrogen (secondary N) is 1. The number of rotatable bonds is 6. The van der Waals surface area contributed by atoms with Gasteiger partial charge in [0, 0.05) is 13.6 Å². The summed E-state index contributed by atoms with van der Waals surface area (Å²) in [5, 5.41) is 11.3. The van der Waals surface area contributed by atoms with Crippen LogP contribution in [0, 0.1) is 0 Å². The minimum Gasteiger partial charge on any atom is -0.358 e. The summed E-state index contributed by atoms with van der Waals surface area (Å²) < 4.78 is 0. The van der Waals surface area contributed by atoms with Crippen LogP contribution in [0.1, 0.15) is 30.3 Å². The van der Waals surface area contributed by atoms with Crippen LogP contribution < -0.4 is 10.2 Å². The minimum atomic E-state index is -0.330. The van der Waals surface area contributed by atoms with Gasteiger partial charge < -0.3 is 10.2 Å². The van der Waals surface area contributed by atoms with E-state index in [9.17, 15) is 4.79 Å². The molecule has 0 aliphatic heterocycles. The van der Waals surface area contributed by atoms with E-state index in [1.165, 1.54) is 0 Å². The van der Waals surface area contributed by atoms with Crippen molar-refractivity contribution < 1.29 is 4.79 Å². The Bertz CT molecular complexity index is 630. The fraction of sp³-hybridized carbons (Fsp3) is 0.312. The van der Waals surface area contributed by atoms with Crippen molar-refractivity contribution in [3.05, 3.63) is 47.1 Å². The van der Waals surface area contributed by atoms with Crippen molar-refractivity contribution in [2.24, 2.45) is 0 Å². The van der Waals surface area contributed by atoms with Crippen molar-refractivity contribution in [1.29, 1.82) is 0 Å². The van der Waals surface area contributed by atoms with Crippen LogP contribution in [0.4, 0.5) is 11.5 Å². The van der Waals surface area contributed by atoms with Gasteiger partial charge in [0.15, 0.2) is 11.5 Å². The standard InChI is InChI=1S/C16H19ClN4O/c1-3-4-11-21(2)15-10-9-14(19-20-15)16(22)18-13-8-6-5-7-12(13)17/h5-10H,3-4,11H2,1-2H3,(H,18,22). The lowest BCUT2D eigenvalue weighted by molar-refractivity contribution is 0.102. The van der Waals surface area contributed by atoms with Gasteiger partial charge in [-0.15, -0.1) is 10.2 Å². The Hall–Kier alpha value is -2.14. The van der Waals surface area contributed by atoms with E-state index >= 15 is 0 Å². The first-order valence-corrected chi connectivity index (χ1v) is 7.60. The monoisotopic (exact) mass is 318 g/mol. The van der Waals surface area contributed by atoms with Crippen LogP contribution in [0.3, 0.4) is 0 Å². The second-order valence-electron chi connectivity index (χ2n) is 4.99. The molecule has 0 spiro atoms. The number of aromatic nitrogens is 2. The highest BCUT2D eigenvalue weighted by molar-refractivity contribution is 6.33. The molecule has 2 rings (SSSR count). The van der Waals surface area contributed by atoms with Gasteiger partial charge in [0.05, 0.1) is 10.7 Å². The summed E-state index contributed by atoms with van der Waals surface area (Å²) in [7, 11) is 1.96. The third-order valence-electron chi connectivity index (χ3n) is 3.24. The first-order chi connectivity index (χ1) is 10.6. The van der Waals surface area contributed by atoms with Crippen LogP contribution in [0.15, 0.2) is 36.4 Å². The Kier molecular flexibility index (Phi) is 5.72. The second kappa shape index (κ2) is 7.75. The highest BCUT2D eigenvalue weighted by Crippen LogP contribution is 2.21. The van der Waals surface area contributed by atoms with Gasteiger partial charge in [-0.1, -0.05) is 37.1 Å². The zero-order chi connectivity index (χ0) is 15.9. The average Bonchev–Trinajstić information content (AvgIpc) is 2.55. The molecule has 0 saturated carbocycles. The van der Waals surface area contributed by atoms with Gasteiger partial charge in [-0.3, -0.25) is 4.79 Å². The van der Waals surface area contributed by atoms with Crippen LogP contribution in [0.25, 0.3) is 0 Å². The third kappa shape index (κ3) is 4.18. The summed E-state index contributed by atoms with van der Waals surface area (Å²) in [4.78, 5) is 14.2. The number of hydrogen-bond donors (Lipinski definition) is 1. The molecule has 0 bridgehead atoms. The molecular formula is C16H19ClN4O. The van der Waals surface area contributed by atoms with E-state index in [0.717, 1.165) is 25.2 Å². The quantitative estimate of drug-likeness (QED) is 0.883. The Morgan fingerprint density at radius 2 is 2.00 bits per heavy atom. The van der Waals surface area contributed by atoms with Gasteiger partial charge in [-0.05, 0) is 30.7 Å². The molecule has 0 unspecified atom stereocenters. The lowest BCUT2D eigenvalue weighted by atomic mass is 10.3. The number of carbonyl (C=O) groups is 1. The van der Waals surface area contributed by atoms with Crippen molar-refractivity contribution in [2.75, 3.05) is 23.8 Å². The van der Waals surface area contributed by atoms with E-state index in [1.54, 1.807) is 36.4 Å². The molecular weight excluding hydrogens is 300 g/mol. The molecule has 0 aliphatic carbocycles. The van der Waals surface area contributed by atoms with Crippen molar-refractivity contribution in [2.45, 2.75) is 19.8 Å². The topological polar surface area (TPSA) is 58.1 Å². The molecule has 116 valence electrons. The number of anilines is 2. The molecule has 0 atom stereocenters. The molecule has 0 fully saturated rings. The zero-order valence-corrected chi connectivity index (χ0v) is 13.5. The Balaban J connectivity index is 2.04. The molecule has 1 aromatic heterocycles. The summed E-state index contributed by atoms with van der Waals surface area (Å²) in [5.74, 6) is 0.422. The molecule has 1 amide bonds. The molecule has 22 heavy (non-hydrogen) atoms. The predicted octanol–water partition coefficient (Wildman–Crippen LogP) is 3.62. The van der Waals surface area contributed by atoms with Crippen LogP contribution in [-0.4, -0.2) is 29.7 Å². The smallest absolute Gasteiger partial charge is 0.276 e. The lowest BCUT2D eigenvalue weighted by Crippen LogP contribution is -2.21. The fourth-order valence-electron chi connectivity index (χ4n) is 1.91. The van der Waals surface area contributed by atoms with E-state index in [2.05, 4.69) is 22.4 Å². The molecule has 2 aromatic rings. The molecule has 6 heteroatoms. The number of halogens is 1. The van der Waals surface area contributed by atoms with Gasteiger partial charge in [0.2, 0.25) is 0 Å². The summed E-state index contributed by atoms with van der Waals surface area (Å²) in [6, 6.07) is 10.5. The lowest BCUT2D eigenvalue weighted by Gasteiger charge is -2.16.